The maximum absolute atomic E-state index is 12.9. The van der Waals surface area contributed by atoms with Crippen molar-refractivity contribution in [3.05, 3.63) is 51.9 Å². The molecule has 0 saturated carbocycles. The van der Waals surface area contributed by atoms with E-state index in [1.807, 2.05) is 38.1 Å². The Morgan fingerprint density at radius 1 is 1.17 bits per heavy atom. The standard InChI is InChI=1S/C22H28ClN3O2.C2HF3O2/c1-16-20(17(2)28-24-16)14-26-13-11-22(26)10-3-12-25(15-22)21(27)9-6-18-4-7-19(23)8-5-18;3-2(4,5)1(6)7/h4-5,7-8H,3,6,9-15H2,1-2H3;(H,6,7). The highest BCUT2D eigenvalue weighted by molar-refractivity contribution is 6.30. The topological polar surface area (TPSA) is 86.9 Å². The zero-order valence-electron chi connectivity index (χ0n) is 19.7. The highest BCUT2D eigenvalue weighted by atomic mass is 35.5. The first-order valence-corrected chi connectivity index (χ1v) is 11.8. The molecule has 2 fully saturated rings. The number of aryl methyl sites for hydroxylation is 3. The molecule has 2 aromatic rings. The van der Waals surface area contributed by atoms with Crippen molar-refractivity contribution in [3.63, 3.8) is 0 Å². The summed E-state index contributed by atoms with van der Waals surface area (Å²) in [6.45, 7) is 7.65. The minimum atomic E-state index is -5.08. The van der Waals surface area contributed by atoms with Crippen LogP contribution in [0.15, 0.2) is 28.8 Å². The number of aliphatic carboxylic acids is 1. The van der Waals surface area contributed by atoms with E-state index in [1.54, 1.807) is 0 Å². The van der Waals surface area contributed by atoms with Gasteiger partial charge in [-0.3, -0.25) is 9.69 Å². The lowest BCUT2D eigenvalue weighted by molar-refractivity contribution is -0.192. The van der Waals surface area contributed by atoms with Gasteiger partial charge in [0.2, 0.25) is 5.91 Å². The van der Waals surface area contributed by atoms with Crippen molar-refractivity contribution in [2.45, 2.75) is 64.2 Å². The van der Waals surface area contributed by atoms with Crippen molar-refractivity contribution in [2.24, 2.45) is 0 Å². The van der Waals surface area contributed by atoms with Crippen molar-refractivity contribution in [2.75, 3.05) is 19.6 Å². The van der Waals surface area contributed by atoms with Crippen LogP contribution in [0.4, 0.5) is 13.2 Å². The number of carboxylic acid groups (broad SMARTS) is 1. The Bertz CT molecular complexity index is 1020. The molecule has 1 aromatic carbocycles. The molecule has 1 amide bonds. The second-order valence-electron chi connectivity index (χ2n) is 9.05. The van der Waals surface area contributed by atoms with Gasteiger partial charge in [0.15, 0.2) is 0 Å². The smallest absolute Gasteiger partial charge is 0.475 e. The maximum atomic E-state index is 12.9. The van der Waals surface area contributed by atoms with Crippen molar-refractivity contribution >= 4 is 23.5 Å². The average Bonchev–Trinajstić information content (AvgIpc) is 3.13. The van der Waals surface area contributed by atoms with E-state index >= 15 is 0 Å². The van der Waals surface area contributed by atoms with Crippen LogP contribution in [0.25, 0.3) is 0 Å². The lowest BCUT2D eigenvalue weighted by Crippen LogP contribution is -2.67. The molecule has 1 N–H and O–H groups in total. The van der Waals surface area contributed by atoms with E-state index in [2.05, 4.69) is 15.0 Å². The van der Waals surface area contributed by atoms with Gasteiger partial charge in [0.25, 0.3) is 0 Å². The molecule has 0 aliphatic carbocycles. The SMILES string of the molecule is Cc1noc(C)c1CN1CCC12CCCN(C(=O)CCc1ccc(Cl)cc1)C2.O=C(O)C(F)(F)F. The van der Waals surface area contributed by atoms with Crippen LogP contribution in [-0.2, 0) is 22.6 Å². The van der Waals surface area contributed by atoms with Gasteiger partial charge >= 0.3 is 12.1 Å². The predicted molar refractivity (Wildman–Crippen MR) is 123 cm³/mol. The number of carbonyl (C=O) groups excluding carboxylic acids is 1. The summed E-state index contributed by atoms with van der Waals surface area (Å²) in [5.41, 5.74) is 3.47. The quantitative estimate of drug-likeness (QED) is 0.617. The predicted octanol–water partition coefficient (Wildman–Crippen LogP) is 4.78. The molecule has 2 aliphatic heterocycles. The van der Waals surface area contributed by atoms with Gasteiger partial charge in [-0.2, -0.15) is 13.2 Å². The fourth-order valence-corrected chi connectivity index (χ4v) is 4.73. The first kappa shape index (κ1) is 27.0. The summed E-state index contributed by atoms with van der Waals surface area (Å²) in [5, 5.41) is 11.9. The summed E-state index contributed by atoms with van der Waals surface area (Å²) >= 11 is 5.94. The Morgan fingerprint density at radius 2 is 1.83 bits per heavy atom. The molecule has 2 aliphatic rings. The zero-order valence-corrected chi connectivity index (χ0v) is 20.5. The summed E-state index contributed by atoms with van der Waals surface area (Å²) < 4.78 is 37.1. The van der Waals surface area contributed by atoms with E-state index in [-0.39, 0.29) is 11.4 Å². The van der Waals surface area contributed by atoms with Gasteiger partial charge in [0, 0.05) is 48.7 Å². The first-order chi connectivity index (χ1) is 16.4. The first-order valence-electron chi connectivity index (χ1n) is 11.4. The highest BCUT2D eigenvalue weighted by Crippen LogP contribution is 2.40. The van der Waals surface area contributed by atoms with Crippen LogP contribution in [0, 0.1) is 13.8 Å². The second-order valence-corrected chi connectivity index (χ2v) is 9.48. The monoisotopic (exact) mass is 515 g/mol. The molecule has 2 saturated heterocycles. The summed E-state index contributed by atoms with van der Waals surface area (Å²) in [4.78, 5) is 26.4. The molecule has 1 unspecified atom stereocenters. The molecule has 1 atom stereocenters. The van der Waals surface area contributed by atoms with E-state index in [0.29, 0.717) is 6.42 Å². The Hall–Kier alpha value is -2.59. The van der Waals surface area contributed by atoms with Crippen molar-refractivity contribution < 1.29 is 32.4 Å². The molecule has 35 heavy (non-hydrogen) atoms. The number of piperidine rings is 1. The van der Waals surface area contributed by atoms with E-state index in [1.165, 1.54) is 5.56 Å². The van der Waals surface area contributed by atoms with Gasteiger partial charge in [-0.25, -0.2) is 4.79 Å². The van der Waals surface area contributed by atoms with E-state index in [9.17, 15) is 18.0 Å². The lowest BCUT2D eigenvalue weighted by atomic mass is 9.77. The largest absolute Gasteiger partial charge is 0.490 e. The Kier molecular flexibility index (Phi) is 8.48. The van der Waals surface area contributed by atoms with E-state index in [0.717, 1.165) is 73.9 Å². The molecule has 11 heteroatoms. The number of amides is 1. The molecular formula is C24H29ClF3N3O4. The summed E-state index contributed by atoms with van der Waals surface area (Å²) in [6, 6.07) is 7.78. The molecule has 0 radical (unpaired) electrons. The number of halogens is 4. The molecule has 7 nitrogen and oxygen atoms in total. The number of alkyl halides is 3. The third kappa shape index (κ3) is 6.76. The zero-order chi connectivity index (χ0) is 25.8. The summed E-state index contributed by atoms with van der Waals surface area (Å²) in [5.74, 6) is -1.59. The van der Waals surface area contributed by atoms with Crippen molar-refractivity contribution in [3.8, 4) is 0 Å². The molecule has 4 rings (SSSR count). The summed E-state index contributed by atoms with van der Waals surface area (Å²) in [6.07, 6.45) is -0.358. The van der Waals surface area contributed by atoms with Crippen LogP contribution in [0.3, 0.4) is 0 Å². The number of hydrogen-bond donors (Lipinski definition) is 1. The fraction of sp³-hybridized carbons (Fsp3) is 0.542. The number of nitrogens with zero attached hydrogens (tertiary/aromatic N) is 3. The maximum Gasteiger partial charge on any atom is 0.490 e. The van der Waals surface area contributed by atoms with Gasteiger partial charge in [-0.15, -0.1) is 0 Å². The Balaban J connectivity index is 0.000000429. The second kappa shape index (κ2) is 11.0. The summed E-state index contributed by atoms with van der Waals surface area (Å²) in [7, 11) is 0. The number of likely N-dealkylation sites (tertiary alicyclic amines) is 2. The van der Waals surface area contributed by atoms with Gasteiger partial charge in [0.05, 0.1) is 5.69 Å². The third-order valence-electron chi connectivity index (χ3n) is 6.74. The number of hydrogen-bond acceptors (Lipinski definition) is 5. The van der Waals surface area contributed by atoms with Gasteiger partial charge < -0.3 is 14.5 Å². The molecule has 192 valence electrons. The van der Waals surface area contributed by atoms with Crippen molar-refractivity contribution in [1.82, 2.24) is 15.0 Å². The minimum Gasteiger partial charge on any atom is -0.475 e. The molecule has 1 aromatic heterocycles. The lowest BCUT2D eigenvalue weighted by Gasteiger charge is -2.57. The number of aromatic nitrogens is 1. The van der Waals surface area contributed by atoms with Crippen LogP contribution in [0.5, 0.6) is 0 Å². The van der Waals surface area contributed by atoms with Gasteiger partial charge in [-0.05, 0) is 57.2 Å². The number of rotatable bonds is 5. The highest BCUT2D eigenvalue weighted by Gasteiger charge is 2.48. The van der Waals surface area contributed by atoms with Crippen LogP contribution in [-0.4, -0.2) is 63.3 Å². The van der Waals surface area contributed by atoms with Crippen LogP contribution in [0.1, 0.15) is 48.3 Å². The van der Waals surface area contributed by atoms with Gasteiger partial charge in [0.1, 0.15) is 5.76 Å². The third-order valence-corrected chi connectivity index (χ3v) is 6.99. The molecular weight excluding hydrogens is 487 g/mol. The van der Waals surface area contributed by atoms with Crippen LogP contribution >= 0.6 is 11.6 Å². The minimum absolute atomic E-state index is 0.129. The Morgan fingerprint density at radius 3 is 2.34 bits per heavy atom. The normalized spacial score (nSPS) is 20.2. The van der Waals surface area contributed by atoms with E-state index < -0.39 is 12.1 Å². The van der Waals surface area contributed by atoms with Gasteiger partial charge in [-0.1, -0.05) is 28.9 Å². The fourth-order valence-electron chi connectivity index (χ4n) is 4.60. The Labute approximate surface area is 206 Å². The van der Waals surface area contributed by atoms with Crippen molar-refractivity contribution in [1.29, 1.82) is 0 Å². The number of benzene rings is 1. The number of carbonyl (C=O) groups is 2. The molecule has 1 spiro atoms. The number of carboxylic acids is 1. The average molecular weight is 516 g/mol. The van der Waals surface area contributed by atoms with Crippen LogP contribution in [0.2, 0.25) is 5.02 Å². The van der Waals surface area contributed by atoms with E-state index in [4.69, 9.17) is 26.0 Å². The molecule has 3 heterocycles. The van der Waals surface area contributed by atoms with Crippen LogP contribution < -0.4 is 0 Å². The molecule has 0 bridgehead atoms.